The average molecular weight is 290 g/mol. The zero-order valence-corrected chi connectivity index (χ0v) is 10.7. The van der Waals surface area contributed by atoms with Crippen molar-refractivity contribution in [2.24, 2.45) is 0 Å². The monoisotopic (exact) mass is 289 g/mol. The summed E-state index contributed by atoms with van der Waals surface area (Å²) in [5.74, 6) is 2.24. The van der Waals surface area contributed by atoms with Crippen LogP contribution in [0.4, 0.5) is 10.1 Å². The third kappa shape index (κ3) is 3.11. The van der Waals surface area contributed by atoms with Gasteiger partial charge >= 0.3 is 0 Å². The fraction of sp³-hybridized carbons (Fsp3) is 0.455. The lowest BCUT2D eigenvalue weighted by atomic mass is 10.1. The van der Waals surface area contributed by atoms with E-state index < -0.39 is 0 Å². The van der Waals surface area contributed by atoms with Crippen LogP contribution in [0.2, 0.25) is 0 Å². The van der Waals surface area contributed by atoms with Gasteiger partial charge in [-0.3, -0.25) is 0 Å². The molecule has 1 heterocycles. The van der Waals surface area contributed by atoms with Crippen molar-refractivity contribution in [3.63, 3.8) is 0 Å². The van der Waals surface area contributed by atoms with Crippen LogP contribution in [0.5, 0.6) is 0 Å². The van der Waals surface area contributed by atoms with Gasteiger partial charge in [-0.25, -0.2) is 4.39 Å². The van der Waals surface area contributed by atoms with Crippen molar-refractivity contribution >= 4 is 33.4 Å². The number of anilines is 1. The van der Waals surface area contributed by atoms with Gasteiger partial charge < -0.3 is 5.32 Å². The first-order valence-corrected chi connectivity index (χ1v) is 7.00. The van der Waals surface area contributed by atoms with Crippen molar-refractivity contribution in [1.29, 1.82) is 0 Å². The lowest BCUT2D eigenvalue weighted by Crippen LogP contribution is -2.24. The van der Waals surface area contributed by atoms with E-state index in [0.29, 0.717) is 6.04 Å². The van der Waals surface area contributed by atoms with E-state index in [-0.39, 0.29) is 5.82 Å². The molecule has 0 spiro atoms. The maximum absolute atomic E-state index is 12.9. The molecule has 0 radical (unpaired) electrons. The molecule has 2 rings (SSSR count). The Morgan fingerprint density at radius 3 is 2.73 bits per heavy atom. The lowest BCUT2D eigenvalue weighted by molar-refractivity contribution is 0.626. The second-order valence-electron chi connectivity index (χ2n) is 3.66. The molecule has 1 aliphatic heterocycles. The first-order chi connectivity index (χ1) is 7.25. The van der Waals surface area contributed by atoms with Crippen LogP contribution in [-0.2, 0) is 0 Å². The molecular formula is C11H13BrFNS. The number of benzene rings is 1. The molecule has 0 aliphatic carbocycles. The molecule has 1 N–H and O–H groups in total. The Morgan fingerprint density at radius 2 is 2.07 bits per heavy atom. The van der Waals surface area contributed by atoms with Gasteiger partial charge in [0.25, 0.3) is 0 Å². The van der Waals surface area contributed by atoms with E-state index in [2.05, 4.69) is 21.2 Å². The summed E-state index contributed by atoms with van der Waals surface area (Å²) in [6.45, 7) is 0. The molecule has 0 saturated carbocycles. The Bertz CT molecular complexity index is 339. The van der Waals surface area contributed by atoms with Gasteiger partial charge in [0, 0.05) is 16.2 Å². The molecule has 15 heavy (non-hydrogen) atoms. The number of hydrogen-bond donors (Lipinski definition) is 1. The highest BCUT2D eigenvalue weighted by molar-refractivity contribution is 9.10. The minimum absolute atomic E-state index is 0.202. The van der Waals surface area contributed by atoms with E-state index in [1.165, 1.54) is 36.5 Å². The van der Waals surface area contributed by atoms with E-state index in [1.54, 1.807) is 6.07 Å². The molecule has 1 aromatic rings. The van der Waals surface area contributed by atoms with Crippen LogP contribution in [0, 0.1) is 5.82 Å². The molecule has 0 amide bonds. The van der Waals surface area contributed by atoms with Crippen LogP contribution in [0.25, 0.3) is 0 Å². The fourth-order valence-electron chi connectivity index (χ4n) is 1.67. The van der Waals surface area contributed by atoms with Crippen LogP contribution in [-0.4, -0.2) is 17.5 Å². The Hall–Kier alpha value is -0.220. The molecule has 1 aromatic carbocycles. The number of halogens is 2. The van der Waals surface area contributed by atoms with Crippen molar-refractivity contribution in [3.8, 4) is 0 Å². The van der Waals surface area contributed by atoms with Crippen molar-refractivity contribution in [3.05, 3.63) is 28.5 Å². The number of thioether (sulfide) groups is 1. The van der Waals surface area contributed by atoms with Crippen LogP contribution in [0.1, 0.15) is 12.8 Å². The van der Waals surface area contributed by atoms with Gasteiger partial charge in [0.2, 0.25) is 0 Å². The maximum Gasteiger partial charge on any atom is 0.124 e. The summed E-state index contributed by atoms with van der Waals surface area (Å²) >= 11 is 5.37. The summed E-state index contributed by atoms with van der Waals surface area (Å²) in [4.78, 5) is 0. The van der Waals surface area contributed by atoms with Crippen molar-refractivity contribution in [2.45, 2.75) is 18.9 Å². The predicted molar refractivity (Wildman–Crippen MR) is 68.1 cm³/mol. The zero-order chi connectivity index (χ0) is 10.7. The SMILES string of the molecule is Fc1ccc(NC2CCSCC2)c(Br)c1. The molecule has 0 bridgehead atoms. The topological polar surface area (TPSA) is 12.0 Å². The minimum atomic E-state index is -0.202. The van der Waals surface area contributed by atoms with Gasteiger partial charge in [-0.2, -0.15) is 11.8 Å². The Balaban J connectivity index is 2.03. The molecule has 1 fully saturated rings. The molecule has 4 heteroatoms. The average Bonchev–Trinajstić information content (AvgIpc) is 2.24. The first kappa shape index (κ1) is 11.3. The molecule has 0 atom stereocenters. The van der Waals surface area contributed by atoms with Crippen LogP contribution < -0.4 is 5.32 Å². The predicted octanol–water partition coefficient (Wildman–Crippen LogP) is 3.90. The summed E-state index contributed by atoms with van der Waals surface area (Å²) in [5.41, 5.74) is 0.994. The van der Waals surface area contributed by atoms with Crippen LogP contribution in [0.15, 0.2) is 22.7 Å². The van der Waals surface area contributed by atoms with Crippen LogP contribution in [0.3, 0.4) is 0 Å². The Labute approximate surface area is 102 Å². The highest BCUT2D eigenvalue weighted by atomic mass is 79.9. The molecule has 1 nitrogen and oxygen atoms in total. The molecule has 0 unspecified atom stereocenters. The molecular weight excluding hydrogens is 277 g/mol. The Morgan fingerprint density at radius 1 is 1.33 bits per heavy atom. The van der Waals surface area contributed by atoms with Gasteiger partial charge in [-0.05, 0) is 58.5 Å². The summed E-state index contributed by atoms with van der Waals surface area (Å²) in [7, 11) is 0. The van der Waals surface area contributed by atoms with Crippen molar-refractivity contribution in [1.82, 2.24) is 0 Å². The van der Waals surface area contributed by atoms with Gasteiger partial charge in [0.15, 0.2) is 0 Å². The normalized spacial score (nSPS) is 17.7. The summed E-state index contributed by atoms with van der Waals surface area (Å²) < 4.78 is 13.7. The summed E-state index contributed by atoms with van der Waals surface area (Å²) in [5, 5.41) is 3.45. The lowest BCUT2D eigenvalue weighted by Gasteiger charge is -2.24. The van der Waals surface area contributed by atoms with Crippen molar-refractivity contribution < 1.29 is 4.39 Å². The van der Waals surface area contributed by atoms with Crippen LogP contribution >= 0.6 is 27.7 Å². The highest BCUT2D eigenvalue weighted by Gasteiger charge is 2.14. The highest BCUT2D eigenvalue weighted by Crippen LogP contribution is 2.27. The fourth-order valence-corrected chi connectivity index (χ4v) is 3.24. The Kier molecular flexibility index (Phi) is 3.92. The maximum atomic E-state index is 12.9. The summed E-state index contributed by atoms with van der Waals surface area (Å²) in [6, 6.07) is 5.32. The second kappa shape index (κ2) is 5.21. The van der Waals surface area contributed by atoms with E-state index >= 15 is 0 Å². The smallest absolute Gasteiger partial charge is 0.124 e. The summed E-state index contributed by atoms with van der Waals surface area (Å²) in [6.07, 6.45) is 2.38. The standard InChI is InChI=1S/C11H13BrFNS/c12-10-7-8(13)1-2-11(10)14-9-3-5-15-6-4-9/h1-2,7,9,14H,3-6H2. The largest absolute Gasteiger partial charge is 0.381 e. The molecule has 1 saturated heterocycles. The number of rotatable bonds is 2. The number of hydrogen-bond acceptors (Lipinski definition) is 2. The van der Waals surface area contributed by atoms with Crippen molar-refractivity contribution in [2.75, 3.05) is 16.8 Å². The first-order valence-electron chi connectivity index (χ1n) is 5.05. The van der Waals surface area contributed by atoms with E-state index in [4.69, 9.17) is 0 Å². The molecule has 1 aliphatic rings. The quantitative estimate of drug-likeness (QED) is 0.886. The van der Waals surface area contributed by atoms with Gasteiger partial charge in [-0.15, -0.1) is 0 Å². The molecule has 82 valence electrons. The zero-order valence-electron chi connectivity index (χ0n) is 8.30. The third-order valence-corrected chi connectivity index (χ3v) is 4.22. The number of nitrogens with one attached hydrogen (secondary N) is 1. The van der Waals surface area contributed by atoms with E-state index in [0.717, 1.165) is 10.2 Å². The minimum Gasteiger partial charge on any atom is -0.381 e. The van der Waals surface area contributed by atoms with E-state index in [9.17, 15) is 4.39 Å². The second-order valence-corrected chi connectivity index (χ2v) is 5.73. The van der Waals surface area contributed by atoms with Gasteiger partial charge in [-0.1, -0.05) is 0 Å². The third-order valence-electron chi connectivity index (χ3n) is 2.51. The van der Waals surface area contributed by atoms with Gasteiger partial charge in [0.05, 0.1) is 0 Å². The van der Waals surface area contributed by atoms with Gasteiger partial charge in [0.1, 0.15) is 5.82 Å². The van der Waals surface area contributed by atoms with E-state index in [1.807, 2.05) is 11.8 Å². The molecule has 0 aromatic heterocycles.